The van der Waals surface area contributed by atoms with Crippen LogP contribution in [0, 0.1) is 5.92 Å². The quantitative estimate of drug-likeness (QED) is 0.339. The van der Waals surface area contributed by atoms with Crippen molar-refractivity contribution in [3.8, 4) is 11.1 Å². The Kier molecular flexibility index (Phi) is 8.07. The van der Waals surface area contributed by atoms with Crippen molar-refractivity contribution in [1.82, 2.24) is 0 Å². The Labute approximate surface area is 169 Å². The van der Waals surface area contributed by atoms with Crippen LogP contribution in [0.5, 0.6) is 0 Å². The topological polar surface area (TPSA) is 18.5 Å². The third-order valence-electron chi connectivity index (χ3n) is 5.53. The molecule has 0 saturated heterocycles. The molecule has 0 aromatic heterocycles. The van der Waals surface area contributed by atoms with Gasteiger partial charge in [0, 0.05) is 0 Å². The van der Waals surface area contributed by atoms with E-state index in [4.69, 9.17) is 9.47 Å². The molecule has 1 aliphatic carbocycles. The van der Waals surface area contributed by atoms with E-state index in [-0.39, 0.29) is 0 Å². The van der Waals surface area contributed by atoms with Crippen LogP contribution in [0.3, 0.4) is 0 Å². The van der Waals surface area contributed by atoms with Crippen LogP contribution in [-0.2, 0) is 22.7 Å². The standard InChI is InChI=1S/C26H32O2/c1-3-8-21-11-14-25(15-12-21)28-20-24-18-22(19-27-17-4-2)13-16-26(24)23-9-6-5-7-10-23/h3-7,9-10,13,16,18,21,25H,1-2,8,11-12,14-15,17,19-20H2. The molecule has 1 fully saturated rings. The molecule has 148 valence electrons. The summed E-state index contributed by atoms with van der Waals surface area (Å²) in [6.45, 7) is 9.40. The predicted octanol–water partition coefficient (Wildman–Crippen LogP) is 6.71. The summed E-state index contributed by atoms with van der Waals surface area (Å²) in [5.74, 6) is 0.794. The Hall–Kier alpha value is -2.16. The molecule has 0 radical (unpaired) electrons. The third kappa shape index (κ3) is 5.92. The van der Waals surface area contributed by atoms with Crippen LogP contribution in [0.4, 0.5) is 0 Å². The van der Waals surface area contributed by atoms with Crippen molar-refractivity contribution in [2.24, 2.45) is 5.92 Å². The highest BCUT2D eigenvalue weighted by atomic mass is 16.5. The second-order valence-corrected chi connectivity index (χ2v) is 7.64. The van der Waals surface area contributed by atoms with Crippen molar-refractivity contribution < 1.29 is 9.47 Å². The highest BCUT2D eigenvalue weighted by molar-refractivity contribution is 5.67. The van der Waals surface area contributed by atoms with E-state index in [0.717, 1.165) is 25.2 Å². The first kappa shape index (κ1) is 20.6. The molecule has 0 atom stereocenters. The lowest BCUT2D eigenvalue weighted by Gasteiger charge is -2.28. The van der Waals surface area contributed by atoms with E-state index in [2.05, 4.69) is 67.8 Å². The van der Waals surface area contributed by atoms with Gasteiger partial charge >= 0.3 is 0 Å². The van der Waals surface area contributed by atoms with Gasteiger partial charge in [0.1, 0.15) is 0 Å². The van der Waals surface area contributed by atoms with Gasteiger partial charge in [0.2, 0.25) is 0 Å². The number of benzene rings is 2. The maximum absolute atomic E-state index is 6.36. The average Bonchev–Trinajstić information content (AvgIpc) is 2.74. The van der Waals surface area contributed by atoms with Gasteiger partial charge in [-0.2, -0.15) is 0 Å². The Bertz CT molecular complexity index is 742. The first-order valence-electron chi connectivity index (χ1n) is 10.4. The van der Waals surface area contributed by atoms with E-state index in [0.29, 0.717) is 25.9 Å². The maximum Gasteiger partial charge on any atom is 0.0726 e. The molecule has 0 amide bonds. The predicted molar refractivity (Wildman–Crippen MR) is 117 cm³/mol. The fourth-order valence-corrected chi connectivity index (χ4v) is 3.99. The molecule has 0 bridgehead atoms. The Morgan fingerprint density at radius 1 is 0.893 bits per heavy atom. The molecule has 1 saturated carbocycles. The van der Waals surface area contributed by atoms with Crippen LogP contribution < -0.4 is 0 Å². The molecule has 0 unspecified atom stereocenters. The van der Waals surface area contributed by atoms with E-state index >= 15 is 0 Å². The molecule has 28 heavy (non-hydrogen) atoms. The zero-order valence-corrected chi connectivity index (χ0v) is 16.8. The smallest absolute Gasteiger partial charge is 0.0726 e. The second-order valence-electron chi connectivity index (χ2n) is 7.64. The van der Waals surface area contributed by atoms with Crippen LogP contribution in [0.2, 0.25) is 0 Å². The van der Waals surface area contributed by atoms with E-state index in [1.165, 1.54) is 35.1 Å². The monoisotopic (exact) mass is 376 g/mol. The van der Waals surface area contributed by atoms with Gasteiger partial charge in [-0.3, -0.25) is 0 Å². The first-order chi connectivity index (χ1) is 13.8. The number of allylic oxidation sites excluding steroid dienone is 1. The number of rotatable bonds is 10. The molecule has 1 aliphatic rings. The summed E-state index contributed by atoms with van der Waals surface area (Å²) in [6, 6.07) is 17.1. The molecular formula is C26H32O2. The van der Waals surface area contributed by atoms with Gasteiger partial charge in [0.05, 0.1) is 25.9 Å². The van der Waals surface area contributed by atoms with Gasteiger partial charge in [0.15, 0.2) is 0 Å². The van der Waals surface area contributed by atoms with Gasteiger partial charge in [0.25, 0.3) is 0 Å². The summed E-state index contributed by atoms with van der Waals surface area (Å²) >= 11 is 0. The molecule has 0 heterocycles. The largest absolute Gasteiger partial charge is 0.374 e. The van der Waals surface area contributed by atoms with E-state index in [9.17, 15) is 0 Å². The van der Waals surface area contributed by atoms with Crippen LogP contribution in [0.1, 0.15) is 43.2 Å². The van der Waals surface area contributed by atoms with Crippen LogP contribution in [-0.4, -0.2) is 12.7 Å². The fraction of sp³-hybridized carbons (Fsp3) is 0.385. The lowest BCUT2D eigenvalue weighted by molar-refractivity contribution is 0.00754. The van der Waals surface area contributed by atoms with Crippen molar-refractivity contribution in [3.63, 3.8) is 0 Å². The van der Waals surface area contributed by atoms with Crippen LogP contribution in [0.15, 0.2) is 73.8 Å². The van der Waals surface area contributed by atoms with Crippen molar-refractivity contribution in [2.75, 3.05) is 6.61 Å². The molecule has 2 aromatic carbocycles. The third-order valence-corrected chi connectivity index (χ3v) is 5.53. The van der Waals surface area contributed by atoms with Crippen molar-refractivity contribution in [3.05, 3.63) is 85.0 Å². The maximum atomic E-state index is 6.36. The molecule has 0 aliphatic heterocycles. The zero-order chi connectivity index (χ0) is 19.6. The molecule has 2 aromatic rings. The Morgan fingerprint density at radius 2 is 1.68 bits per heavy atom. The van der Waals surface area contributed by atoms with E-state index in [1.807, 2.05) is 0 Å². The van der Waals surface area contributed by atoms with Gasteiger partial charge in [-0.15, -0.1) is 13.2 Å². The molecule has 3 rings (SSSR count). The first-order valence-corrected chi connectivity index (χ1v) is 10.4. The summed E-state index contributed by atoms with van der Waals surface area (Å²) in [5.41, 5.74) is 4.89. The van der Waals surface area contributed by atoms with Crippen molar-refractivity contribution in [2.45, 2.75) is 51.4 Å². The second kappa shape index (κ2) is 11.0. The molecule has 0 spiro atoms. The average molecular weight is 377 g/mol. The van der Waals surface area contributed by atoms with Crippen LogP contribution >= 0.6 is 0 Å². The van der Waals surface area contributed by atoms with Crippen molar-refractivity contribution >= 4 is 0 Å². The highest BCUT2D eigenvalue weighted by Gasteiger charge is 2.21. The summed E-state index contributed by atoms with van der Waals surface area (Å²) < 4.78 is 12.0. The minimum absolute atomic E-state index is 0.366. The number of hydrogen-bond donors (Lipinski definition) is 0. The fourth-order valence-electron chi connectivity index (χ4n) is 3.99. The SMILES string of the molecule is C=CCOCc1ccc(-c2ccccc2)c(COC2CCC(CC=C)CC2)c1. The zero-order valence-electron chi connectivity index (χ0n) is 16.8. The normalized spacial score (nSPS) is 19.3. The number of hydrogen-bond acceptors (Lipinski definition) is 2. The van der Waals surface area contributed by atoms with Gasteiger partial charge in [-0.25, -0.2) is 0 Å². The Balaban J connectivity index is 1.68. The molecule has 0 N–H and O–H groups in total. The minimum Gasteiger partial charge on any atom is -0.374 e. The van der Waals surface area contributed by atoms with Crippen molar-refractivity contribution in [1.29, 1.82) is 0 Å². The van der Waals surface area contributed by atoms with Gasteiger partial charge in [-0.05, 0) is 60.3 Å². The summed E-state index contributed by atoms with van der Waals surface area (Å²) in [5, 5.41) is 0. The lowest BCUT2D eigenvalue weighted by atomic mass is 9.85. The summed E-state index contributed by atoms with van der Waals surface area (Å²) in [6.07, 6.45) is 10.1. The van der Waals surface area contributed by atoms with Gasteiger partial charge < -0.3 is 9.47 Å². The number of ether oxygens (including phenoxy) is 2. The minimum atomic E-state index is 0.366. The molecule has 2 heteroatoms. The highest BCUT2D eigenvalue weighted by Crippen LogP contribution is 2.31. The summed E-state index contributed by atoms with van der Waals surface area (Å²) in [4.78, 5) is 0. The molecule has 2 nitrogen and oxygen atoms in total. The lowest BCUT2D eigenvalue weighted by Crippen LogP contribution is -2.21. The van der Waals surface area contributed by atoms with E-state index < -0.39 is 0 Å². The molecular weight excluding hydrogens is 344 g/mol. The summed E-state index contributed by atoms with van der Waals surface area (Å²) in [7, 11) is 0. The van der Waals surface area contributed by atoms with E-state index in [1.54, 1.807) is 6.08 Å². The Morgan fingerprint density at radius 3 is 2.39 bits per heavy atom. The van der Waals surface area contributed by atoms with Crippen LogP contribution in [0.25, 0.3) is 11.1 Å². The van der Waals surface area contributed by atoms with Gasteiger partial charge in [-0.1, -0.05) is 60.7 Å².